The van der Waals surface area contributed by atoms with E-state index in [9.17, 15) is 9.18 Å². The Balaban J connectivity index is 2.90. The van der Waals surface area contributed by atoms with Gasteiger partial charge in [-0.15, -0.1) is 0 Å². The predicted octanol–water partition coefficient (Wildman–Crippen LogP) is 2.96. The minimum absolute atomic E-state index is 0.0749. The molecule has 0 spiro atoms. The Morgan fingerprint density at radius 2 is 1.80 bits per heavy atom. The van der Waals surface area contributed by atoms with Crippen molar-refractivity contribution in [1.29, 1.82) is 0 Å². The Morgan fingerprint density at radius 3 is 2.20 bits per heavy atom. The summed E-state index contributed by atoms with van der Waals surface area (Å²) in [5.74, 6) is -0.383. The van der Waals surface area contributed by atoms with Crippen LogP contribution in [0.2, 0.25) is 0 Å². The summed E-state index contributed by atoms with van der Waals surface area (Å²) < 4.78 is 12.1. The molecule has 15 heavy (non-hydrogen) atoms. The summed E-state index contributed by atoms with van der Waals surface area (Å²) in [6, 6.07) is 5.82. The molecule has 1 aromatic carbocycles. The average molecular weight is 274 g/mol. The van der Waals surface area contributed by atoms with Crippen LogP contribution in [0.4, 0.5) is 10.1 Å². The van der Waals surface area contributed by atoms with Crippen LogP contribution in [0.5, 0.6) is 0 Å². The minimum Gasteiger partial charge on any atom is -0.314 e. The lowest BCUT2D eigenvalue weighted by Crippen LogP contribution is -2.39. The van der Waals surface area contributed by atoms with Gasteiger partial charge in [0, 0.05) is 12.7 Å². The van der Waals surface area contributed by atoms with Crippen LogP contribution in [-0.4, -0.2) is 17.3 Å². The summed E-state index contributed by atoms with van der Waals surface area (Å²) in [6.07, 6.45) is 0. The Hall–Kier alpha value is -0.900. The van der Waals surface area contributed by atoms with E-state index in [0.29, 0.717) is 5.69 Å². The topological polar surface area (TPSA) is 20.3 Å². The van der Waals surface area contributed by atoms with Gasteiger partial charge < -0.3 is 4.90 Å². The third kappa shape index (κ3) is 3.02. The predicted molar refractivity (Wildman–Crippen MR) is 62.8 cm³/mol. The zero-order chi connectivity index (χ0) is 11.6. The summed E-state index contributed by atoms with van der Waals surface area (Å²) >= 11 is 3.29. The maximum atomic E-state index is 12.7. The number of anilines is 1. The fourth-order valence-corrected chi connectivity index (χ4v) is 1.45. The lowest BCUT2D eigenvalue weighted by atomic mass is 10.2. The summed E-state index contributed by atoms with van der Waals surface area (Å²) in [6.45, 7) is 3.55. The van der Waals surface area contributed by atoms with Crippen molar-refractivity contribution in [3.05, 3.63) is 30.1 Å². The summed E-state index contributed by atoms with van der Waals surface area (Å²) in [4.78, 5) is 13.3. The largest absolute Gasteiger partial charge is 0.314 e. The first-order valence-electron chi connectivity index (χ1n) is 4.55. The molecule has 2 nitrogen and oxygen atoms in total. The van der Waals surface area contributed by atoms with Gasteiger partial charge in [0.25, 0.3) is 0 Å². The minimum atomic E-state index is -0.615. The van der Waals surface area contributed by atoms with Crippen LogP contribution >= 0.6 is 15.9 Å². The molecule has 0 heterocycles. The van der Waals surface area contributed by atoms with E-state index in [2.05, 4.69) is 15.9 Å². The van der Waals surface area contributed by atoms with Crippen molar-refractivity contribution in [2.75, 3.05) is 11.9 Å². The van der Waals surface area contributed by atoms with Gasteiger partial charge >= 0.3 is 0 Å². The van der Waals surface area contributed by atoms with E-state index in [0.717, 1.165) is 0 Å². The molecule has 4 heteroatoms. The van der Waals surface area contributed by atoms with Crippen molar-refractivity contribution in [3.63, 3.8) is 0 Å². The first-order chi connectivity index (χ1) is 6.82. The number of carbonyl (C=O) groups is 1. The SMILES string of the molecule is CN(C(=O)C(C)(C)Br)c1ccc(F)cc1. The number of hydrogen-bond donors (Lipinski definition) is 0. The first-order valence-corrected chi connectivity index (χ1v) is 5.34. The molecular formula is C11H13BrFNO. The molecule has 0 aliphatic carbocycles. The van der Waals surface area contributed by atoms with Crippen LogP contribution in [0, 0.1) is 5.82 Å². The van der Waals surface area contributed by atoms with Crippen molar-refractivity contribution in [1.82, 2.24) is 0 Å². The third-order valence-electron chi connectivity index (χ3n) is 2.03. The van der Waals surface area contributed by atoms with Crippen molar-refractivity contribution >= 4 is 27.5 Å². The van der Waals surface area contributed by atoms with Crippen LogP contribution < -0.4 is 4.90 Å². The fourth-order valence-electron chi connectivity index (χ4n) is 1.18. The van der Waals surface area contributed by atoms with E-state index in [4.69, 9.17) is 0 Å². The monoisotopic (exact) mass is 273 g/mol. The molecule has 0 aliphatic heterocycles. The van der Waals surface area contributed by atoms with Gasteiger partial charge in [0.05, 0.1) is 4.32 Å². The molecule has 1 rings (SSSR count). The van der Waals surface area contributed by atoms with Gasteiger partial charge in [-0.2, -0.15) is 0 Å². The van der Waals surface area contributed by atoms with E-state index in [1.165, 1.54) is 17.0 Å². The number of rotatable bonds is 2. The fraction of sp³-hybridized carbons (Fsp3) is 0.364. The van der Waals surface area contributed by atoms with Gasteiger partial charge in [0.1, 0.15) is 5.82 Å². The Kier molecular flexibility index (Phi) is 3.50. The third-order valence-corrected chi connectivity index (χ3v) is 2.37. The Bertz CT molecular complexity index is 356. The number of amides is 1. The van der Waals surface area contributed by atoms with Crippen LogP contribution in [0.3, 0.4) is 0 Å². The van der Waals surface area contributed by atoms with Gasteiger partial charge in [0.15, 0.2) is 0 Å². The van der Waals surface area contributed by atoms with Crippen molar-refractivity contribution in [2.45, 2.75) is 18.2 Å². The van der Waals surface area contributed by atoms with Gasteiger partial charge in [-0.1, -0.05) is 15.9 Å². The van der Waals surface area contributed by atoms with Crippen molar-refractivity contribution < 1.29 is 9.18 Å². The molecule has 1 amide bonds. The van der Waals surface area contributed by atoms with Gasteiger partial charge in [-0.25, -0.2) is 4.39 Å². The summed E-state index contributed by atoms with van der Waals surface area (Å²) in [5.41, 5.74) is 0.675. The molecule has 0 N–H and O–H groups in total. The molecule has 82 valence electrons. The van der Waals surface area contributed by atoms with E-state index < -0.39 is 4.32 Å². The maximum absolute atomic E-state index is 12.7. The van der Waals surface area contributed by atoms with Gasteiger partial charge in [-0.3, -0.25) is 4.79 Å². The van der Waals surface area contributed by atoms with Crippen LogP contribution in [0.15, 0.2) is 24.3 Å². The molecule has 0 saturated carbocycles. The second kappa shape index (κ2) is 4.31. The molecule has 0 unspecified atom stereocenters. The highest BCUT2D eigenvalue weighted by Gasteiger charge is 2.27. The highest BCUT2D eigenvalue weighted by Crippen LogP contribution is 2.22. The highest BCUT2D eigenvalue weighted by atomic mass is 79.9. The summed E-state index contributed by atoms with van der Waals surface area (Å²) in [5, 5.41) is 0. The second-order valence-electron chi connectivity index (χ2n) is 3.81. The first kappa shape index (κ1) is 12.2. The van der Waals surface area contributed by atoms with E-state index in [1.54, 1.807) is 33.0 Å². The second-order valence-corrected chi connectivity index (χ2v) is 5.80. The number of hydrogen-bond acceptors (Lipinski definition) is 1. The molecule has 0 aliphatic rings. The molecule has 0 atom stereocenters. The molecule has 0 fully saturated rings. The van der Waals surface area contributed by atoms with Crippen molar-refractivity contribution in [3.8, 4) is 0 Å². The molecule has 1 aromatic rings. The number of nitrogens with zero attached hydrogens (tertiary/aromatic N) is 1. The van der Waals surface area contributed by atoms with Crippen molar-refractivity contribution in [2.24, 2.45) is 0 Å². The Labute approximate surface area is 97.2 Å². The van der Waals surface area contributed by atoms with Crippen LogP contribution in [-0.2, 0) is 4.79 Å². The van der Waals surface area contributed by atoms with Gasteiger partial charge in [0.2, 0.25) is 5.91 Å². The highest BCUT2D eigenvalue weighted by molar-refractivity contribution is 9.10. The van der Waals surface area contributed by atoms with Crippen LogP contribution in [0.25, 0.3) is 0 Å². The molecule has 0 radical (unpaired) electrons. The maximum Gasteiger partial charge on any atom is 0.243 e. The average Bonchev–Trinajstić information content (AvgIpc) is 2.15. The smallest absolute Gasteiger partial charge is 0.243 e. The molecule has 0 aromatic heterocycles. The number of benzene rings is 1. The summed E-state index contributed by atoms with van der Waals surface area (Å²) in [7, 11) is 1.67. The normalized spacial score (nSPS) is 11.3. The van der Waals surface area contributed by atoms with E-state index in [-0.39, 0.29) is 11.7 Å². The lowest BCUT2D eigenvalue weighted by molar-refractivity contribution is -0.119. The van der Waals surface area contributed by atoms with Crippen LogP contribution in [0.1, 0.15) is 13.8 Å². The van der Waals surface area contributed by atoms with E-state index >= 15 is 0 Å². The Morgan fingerprint density at radius 1 is 1.33 bits per heavy atom. The standard InChI is InChI=1S/C11H13BrFNO/c1-11(2,12)10(15)14(3)9-6-4-8(13)5-7-9/h4-7H,1-3H3. The number of carbonyl (C=O) groups excluding carboxylic acids is 1. The van der Waals surface area contributed by atoms with Gasteiger partial charge in [-0.05, 0) is 38.1 Å². The molecule has 0 saturated heterocycles. The zero-order valence-corrected chi connectivity index (χ0v) is 10.5. The quantitative estimate of drug-likeness (QED) is 0.759. The molecule has 0 bridgehead atoms. The van der Waals surface area contributed by atoms with E-state index in [1.807, 2.05) is 0 Å². The zero-order valence-electron chi connectivity index (χ0n) is 8.92. The molecular weight excluding hydrogens is 261 g/mol. The lowest BCUT2D eigenvalue weighted by Gasteiger charge is -2.24. The number of halogens is 2. The number of alkyl halides is 1.